The minimum absolute atomic E-state index is 0.0702. The lowest BCUT2D eigenvalue weighted by Crippen LogP contribution is -2.29. The number of halogens is 2. The fraction of sp³-hybridized carbons (Fsp3) is 0.389. The normalized spacial score (nSPS) is 14.3. The Morgan fingerprint density at radius 2 is 2.00 bits per heavy atom. The summed E-state index contributed by atoms with van der Waals surface area (Å²) in [6, 6.07) is 5.36. The zero-order valence-electron chi connectivity index (χ0n) is 14.8. The number of nitrogens with two attached hydrogens (primary N) is 1. The third-order valence-electron chi connectivity index (χ3n) is 4.71. The van der Waals surface area contributed by atoms with E-state index in [4.69, 9.17) is 11.6 Å². The molecule has 0 aliphatic heterocycles. The Morgan fingerprint density at radius 3 is 2.73 bits per heavy atom. The fourth-order valence-electron chi connectivity index (χ4n) is 3.32. The van der Waals surface area contributed by atoms with Crippen LogP contribution in [-0.4, -0.2) is 40.3 Å². The summed E-state index contributed by atoms with van der Waals surface area (Å²) in [4.78, 5) is 11.2. The van der Waals surface area contributed by atoms with Gasteiger partial charge >= 0.3 is 0 Å². The number of nitrogens with zero attached hydrogens (tertiary/aromatic N) is 4. The van der Waals surface area contributed by atoms with Crippen LogP contribution in [0.3, 0.4) is 0 Å². The molecule has 0 amide bonds. The maximum absolute atomic E-state index is 14.3. The number of H-pyrrole nitrogens is 1. The van der Waals surface area contributed by atoms with Crippen LogP contribution >= 0.6 is 11.6 Å². The first-order valence-electron chi connectivity index (χ1n) is 8.61. The predicted molar refractivity (Wildman–Crippen MR) is 103 cm³/mol. The topological polar surface area (TPSA) is 83.7 Å². The summed E-state index contributed by atoms with van der Waals surface area (Å²) in [7, 11) is 3.54. The van der Waals surface area contributed by atoms with Gasteiger partial charge < -0.3 is 10.6 Å². The molecule has 138 valence electrons. The van der Waals surface area contributed by atoms with Crippen molar-refractivity contribution >= 4 is 28.6 Å². The standard InChI is InChI=1S/C17H17ClFN5.CH5N/c1-24(10-5-2-3-6-10)13-9-20-16-15(22-23-17(16)21-13)11-7-4-8-12(18)14(11)19;1-2/h4,7-10H,2-3,5-6H2,1H3,(H,21,22,23);2H2,1H3. The smallest absolute Gasteiger partial charge is 0.202 e. The summed E-state index contributed by atoms with van der Waals surface area (Å²) in [6.07, 6.45) is 6.59. The van der Waals surface area contributed by atoms with Crippen molar-refractivity contribution in [1.29, 1.82) is 0 Å². The molecule has 0 radical (unpaired) electrons. The van der Waals surface area contributed by atoms with Crippen molar-refractivity contribution in [2.75, 3.05) is 19.0 Å². The average molecular weight is 377 g/mol. The highest BCUT2D eigenvalue weighted by atomic mass is 35.5. The van der Waals surface area contributed by atoms with E-state index in [0.717, 1.165) is 5.82 Å². The van der Waals surface area contributed by atoms with Crippen molar-refractivity contribution < 1.29 is 4.39 Å². The van der Waals surface area contributed by atoms with Gasteiger partial charge in [0, 0.05) is 18.7 Å². The quantitative estimate of drug-likeness (QED) is 0.727. The first kappa shape index (κ1) is 18.5. The first-order chi connectivity index (χ1) is 12.6. The molecule has 0 bridgehead atoms. The molecule has 0 unspecified atom stereocenters. The summed E-state index contributed by atoms with van der Waals surface area (Å²) in [6.45, 7) is 0. The zero-order valence-corrected chi connectivity index (χ0v) is 15.6. The minimum Gasteiger partial charge on any atom is -0.355 e. The predicted octanol–water partition coefficient (Wildman–Crippen LogP) is 3.77. The molecule has 4 rings (SSSR count). The maximum atomic E-state index is 14.3. The highest BCUT2D eigenvalue weighted by Gasteiger charge is 2.22. The molecular formula is C18H22ClFN6. The first-order valence-corrected chi connectivity index (χ1v) is 8.99. The van der Waals surface area contributed by atoms with Gasteiger partial charge in [0.05, 0.1) is 16.9 Å². The molecule has 6 nitrogen and oxygen atoms in total. The number of hydrogen-bond acceptors (Lipinski definition) is 5. The van der Waals surface area contributed by atoms with E-state index in [2.05, 4.69) is 30.8 Å². The van der Waals surface area contributed by atoms with Crippen LogP contribution in [0.15, 0.2) is 24.4 Å². The second kappa shape index (κ2) is 7.97. The van der Waals surface area contributed by atoms with E-state index in [9.17, 15) is 4.39 Å². The molecule has 1 aliphatic rings. The van der Waals surface area contributed by atoms with Crippen LogP contribution in [0.4, 0.5) is 10.2 Å². The van der Waals surface area contributed by atoms with Crippen molar-refractivity contribution in [3.05, 3.63) is 35.2 Å². The molecule has 3 aromatic rings. The summed E-state index contributed by atoms with van der Waals surface area (Å²) in [5.41, 5.74) is 6.36. The lowest BCUT2D eigenvalue weighted by atomic mass is 10.1. The van der Waals surface area contributed by atoms with E-state index >= 15 is 0 Å². The Hall–Kier alpha value is -2.25. The summed E-state index contributed by atoms with van der Waals surface area (Å²) in [5, 5.41) is 7.11. The Bertz CT molecular complexity index is 891. The van der Waals surface area contributed by atoms with Crippen LogP contribution in [0.5, 0.6) is 0 Å². The number of nitrogens with one attached hydrogen (secondary N) is 1. The molecule has 2 aromatic heterocycles. The molecule has 0 saturated heterocycles. The van der Waals surface area contributed by atoms with E-state index in [1.165, 1.54) is 38.8 Å². The minimum atomic E-state index is -0.487. The van der Waals surface area contributed by atoms with Crippen molar-refractivity contribution in [2.24, 2.45) is 5.73 Å². The molecule has 0 spiro atoms. The summed E-state index contributed by atoms with van der Waals surface area (Å²) in [5.74, 6) is 0.303. The Morgan fingerprint density at radius 1 is 1.27 bits per heavy atom. The lowest BCUT2D eigenvalue weighted by molar-refractivity contribution is 0.631. The average Bonchev–Trinajstić information content (AvgIpc) is 3.34. The van der Waals surface area contributed by atoms with E-state index in [-0.39, 0.29) is 5.02 Å². The Labute approximate surface area is 156 Å². The second-order valence-electron chi connectivity index (χ2n) is 6.15. The van der Waals surface area contributed by atoms with Gasteiger partial charge in [-0.15, -0.1) is 0 Å². The van der Waals surface area contributed by atoms with E-state index in [1.807, 2.05) is 7.05 Å². The van der Waals surface area contributed by atoms with Gasteiger partial charge in [-0.05, 0) is 32.0 Å². The number of benzene rings is 1. The van der Waals surface area contributed by atoms with Crippen molar-refractivity contribution in [3.8, 4) is 11.3 Å². The number of aromatic nitrogens is 4. The number of hydrogen-bond donors (Lipinski definition) is 2. The maximum Gasteiger partial charge on any atom is 0.202 e. The third-order valence-corrected chi connectivity index (χ3v) is 5.00. The Kier molecular flexibility index (Phi) is 5.68. The van der Waals surface area contributed by atoms with Gasteiger partial charge in [0.1, 0.15) is 11.3 Å². The highest BCUT2D eigenvalue weighted by molar-refractivity contribution is 6.31. The van der Waals surface area contributed by atoms with E-state index < -0.39 is 5.82 Å². The highest BCUT2D eigenvalue weighted by Crippen LogP contribution is 2.31. The van der Waals surface area contributed by atoms with Crippen LogP contribution in [0.2, 0.25) is 5.02 Å². The summed E-state index contributed by atoms with van der Waals surface area (Å²) >= 11 is 5.87. The largest absolute Gasteiger partial charge is 0.355 e. The summed E-state index contributed by atoms with van der Waals surface area (Å²) < 4.78 is 14.3. The zero-order chi connectivity index (χ0) is 18.7. The lowest BCUT2D eigenvalue weighted by Gasteiger charge is -2.24. The molecule has 1 aliphatic carbocycles. The van der Waals surface area contributed by atoms with Crippen LogP contribution in [0.25, 0.3) is 22.4 Å². The number of rotatable bonds is 3. The molecule has 0 atom stereocenters. The molecular weight excluding hydrogens is 355 g/mol. The van der Waals surface area contributed by atoms with Crippen LogP contribution < -0.4 is 10.6 Å². The van der Waals surface area contributed by atoms with Crippen molar-refractivity contribution in [2.45, 2.75) is 31.7 Å². The van der Waals surface area contributed by atoms with Gasteiger partial charge in [0.25, 0.3) is 0 Å². The van der Waals surface area contributed by atoms with Gasteiger partial charge in [0.2, 0.25) is 5.65 Å². The third kappa shape index (κ3) is 3.37. The molecule has 2 heterocycles. The monoisotopic (exact) mass is 376 g/mol. The SMILES string of the molecule is CN.CN(c1cnc2c(-c3cccc(Cl)c3F)[nH]nc2n1)C1CCCC1. The van der Waals surface area contributed by atoms with E-state index in [1.54, 1.807) is 18.3 Å². The van der Waals surface area contributed by atoms with Crippen LogP contribution in [-0.2, 0) is 0 Å². The Balaban J connectivity index is 0.000000948. The van der Waals surface area contributed by atoms with E-state index in [0.29, 0.717) is 28.5 Å². The molecule has 26 heavy (non-hydrogen) atoms. The molecule has 1 saturated carbocycles. The molecule has 1 fully saturated rings. The molecule has 8 heteroatoms. The molecule has 3 N–H and O–H groups in total. The second-order valence-corrected chi connectivity index (χ2v) is 6.56. The van der Waals surface area contributed by atoms with Gasteiger partial charge in [-0.2, -0.15) is 5.10 Å². The van der Waals surface area contributed by atoms with Gasteiger partial charge in [-0.3, -0.25) is 5.10 Å². The van der Waals surface area contributed by atoms with Crippen LogP contribution in [0.1, 0.15) is 25.7 Å². The fourth-order valence-corrected chi connectivity index (χ4v) is 3.49. The van der Waals surface area contributed by atoms with Crippen LogP contribution in [0, 0.1) is 5.82 Å². The van der Waals surface area contributed by atoms with Crippen molar-refractivity contribution in [3.63, 3.8) is 0 Å². The number of aromatic amines is 1. The van der Waals surface area contributed by atoms with Gasteiger partial charge in [-0.1, -0.05) is 30.5 Å². The van der Waals surface area contributed by atoms with Crippen molar-refractivity contribution in [1.82, 2.24) is 20.2 Å². The van der Waals surface area contributed by atoms with Gasteiger partial charge in [0.15, 0.2) is 5.82 Å². The molecule has 1 aromatic carbocycles. The number of fused-ring (bicyclic) bond motifs is 1. The number of anilines is 1. The van der Waals surface area contributed by atoms with Gasteiger partial charge in [-0.25, -0.2) is 14.4 Å².